The van der Waals surface area contributed by atoms with Crippen LogP contribution in [0.4, 0.5) is 0 Å². The van der Waals surface area contributed by atoms with Crippen LogP contribution in [0.5, 0.6) is 0 Å². The molecule has 1 N–H and O–H groups in total. The number of thioether (sulfide) groups is 1. The van der Waals surface area contributed by atoms with Crippen LogP contribution in [-0.2, 0) is 11.3 Å². The van der Waals surface area contributed by atoms with Gasteiger partial charge in [-0.05, 0) is 6.92 Å². The molecule has 0 unspecified atom stereocenters. The number of aromatic nitrogens is 4. The summed E-state index contributed by atoms with van der Waals surface area (Å²) in [7, 11) is 0. The Morgan fingerprint density at radius 3 is 3.12 bits per heavy atom. The van der Waals surface area contributed by atoms with E-state index in [1.54, 1.807) is 23.9 Å². The Bertz CT molecular complexity index is 522. The molecule has 0 aromatic carbocycles. The van der Waals surface area contributed by atoms with E-state index in [0.29, 0.717) is 23.4 Å². The van der Waals surface area contributed by atoms with Gasteiger partial charge in [-0.3, -0.25) is 4.79 Å². The fourth-order valence-electron chi connectivity index (χ4n) is 1.23. The molecule has 0 aliphatic rings. The van der Waals surface area contributed by atoms with Gasteiger partial charge in [-0.2, -0.15) is 4.98 Å². The van der Waals surface area contributed by atoms with Gasteiger partial charge in [0.05, 0.1) is 5.75 Å². The fraction of sp³-hybridized carbons (Fsp3) is 0.333. The van der Waals surface area contributed by atoms with E-state index in [4.69, 9.17) is 9.63 Å². The highest BCUT2D eigenvalue weighted by atomic mass is 32.2. The SMILES string of the molecule is Cc1noc(Cn2ccnc2SCC(=O)O)n1. The first-order chi connectivity index (χ1) is 8.15. The van der Waals surface area contributed by atoms with E-state index in [0.717, 1.165) is 11.8 Å². The third-order valence-electron chi connectivity index (χ3n) is 1.88. The molecule has 0 saturated carbocycles. The zero-order valence-electron chi connectivity index (χ0n) is 9.03. The van der Waals surface area contributed by atoms with Crippen molar-refractivity contribution in [2.75, 3.05) is 5.75 Å². The van der Waals surface area contributed by atoms with Gasteiger partial charge >= 0.3 is 5.97 Å². The Morgan fingerprint density at radius 2 is 2.47 bits per heavy atom. The second-order valence-corrected chi connectivity index (χ2v) is 4.20. The topological polar surface area (TPSA) is 94.0 Å². The van der Waals surface area contributed by atoms with Crippen LogP contribution in [0.1, 0.15) is 11.7 Å². The number of nitrogens with zero attached hydrogens (tertiary/aromatic N) is 4. The van der Waals surface area contributed by atoms with Gasteiger partial charge in [-0.15, -0.1) is 0 Å². The van der Waals surface area contributed by atoms with Gasteiger partial charge in [0.2, 0.25) is 5.89 Å². The molecule has 2 heterocycles. The van der Waals surface area contributed by atoms with Crippen molar-refractivity contribution in [3.8, 4) is 0 Å². The van der Waals surface area contributed by atoms with Crippen molar-refractivity contribution in [3.63, 3.8) is 0 Å². The van der Waals surface area contributed by atoms with Gasteiger partial charge < -0.3 is 14.2 Å². The summed E-state index contributed by atoms with van der Waals surface area (Å²) in [6, 6.07) is 0. The number of rotatable bonds is 5. The highest BCUT2D eigenvalue weighted by Gasteiger charge is 2.09. The van der Waals surface area contributed by atoms with Crippen LogP contribution in [-0.4, -0.2) is 36.5 Å². The average Bonchev–Trinajstić information content (AvgIpc) is 2.86. The molecule has 8 heteroatoms. The zero-order valence-corrected chi connectivity index (χ0v) is 9.85. The molecule has 0 amide bonds. The minimum absolute atomic E-state index is 0.0279. The third kappa shape index (κ3) is 3.06. The lowest BCUT2D eigenvalue weighted by Crippen LogP contribution is -2.04. The van der Waals surface area contributed by atoms with Crippen molar-refractivity contribution in [2.24, 2.45) is 0 Å². The van der Waals surface area contributed by atoms with Crippen LogP contribution in [0.2, 0.25) is 0 Å². The number of carboxylic acid groups (broad SMARTS) is 1. The summed E-state index contributed by atoms with van der Waals surface area (Å²) in [5, 5.41) is 12.9. The van der Waals surface area contributed by atoms with Crippen LogP contribution in [0, 0.1) is 6.92 Å². The summed E-state index contributed by atoms with van der Waals surface area (Å²) in [4.78, 5) is 18.6. The minimum atomic E-state index is -0.877. The van der Waals surface area contributed by atoms with Crippen LogP contribution in [0.3, 0.4) is 0 Å². The lowest BCUT2D eigenvalue weighted by molar-refractivity contribution is -0.133. The molecular formula is C9H10N4O3S. The molecular weight excluding hydrogens is 244 g/mol. The normalized spacial score (nSPS) is 10.6. The number of carbonyl (C=O) groups is 1. The molecule has 0 saturated heterocycles. The van der Waals surface area contributed by atoms with E-state index in [1.165, 1.54) is 0 Å². The molecule has 0 aliphatic carbocycles. The Kier molecular flexibility index (Phi) is 3.43. The number of hydrogen-bond donors (Lipinski definition) is 1. The smallest absolute Gasteiger partial charge is 0.313 e. The van der Waals surface area contributed by atoms with Crippen molar-refractivity contribution in [1.82, 2.24) is 19.7 Å². The van der Waals surface area contributed by atoms with Crippen molar-refractivity contribution >= 4 is 17.7 Å². The highest BCUT2D eigenvalue weighted by molar-refractivity contribution is 7.99. The van der Waals surface area contributed by atoms with Crippen molar-refractivity contribution in [1.29, 1.82) is 0 Å². The molecule has 0 radical (unpaired) electrons. The van der Waals surface area contributed by atoms with Gasteiger partial charge in [0.15, 0.2) is 11.0 Å². The standard InChI is InChI=1S/C9H10N4O3S/c1-6-11-7(16-12-6)4-13-3-2-10-9(13)17-5-8(14)15/h2-3H,4-5H2,1H3,(H,14,15). The largest absolute Gasteiger partial charge is 0.481 e. The van der Waals surface area contributed by atoms with E-state index >= 15 is 0 Å². The fourth-order valence-corrected chi connectivity index (χ4v) is 1.91. The summed E-state index contributed by atoms with van der Waals surface area (Å²) in [6.45, 7) is 2.13. The maximum atomic E-state index is 10.5. The summed E-state index contributed by atoms with van der Waals surface area (Å²) >= 11 is 1.15. The van der Waals surface area contributed by atoms with Gasteiger partial charge in [0, 0.05) is 12.4 Å². The molecule has 0 bridgehead atoms. The quantitative estimate of drug-likeness (QED) is 0.788. The second kappa shape index (κ2) is 5.00. The van der Waals surface area contributed by atoms with Crippen LogP contribution in [0.25, 0.3) is 0 Å². The van der Waals surface area contributed by atoms with E-state index in [2.05, 4.69) is 15.1 Å². The van der Waals surface area contributed by atoms with Gasteiger partial charge in [-0.1, -0.05) is 16.9 Å². The third-order valence-corrected chi connectivity index (χ3v) is 2.87. The number of carboxylic acids is 1. The first-order valence-electron chi connectivity index (χ1n) is 4.80. The van der Waals surface area contributed by atoms with Gasteiger partial charge in [0.25, 0.3) is 0 Å². The van der Waals surface area contributed by atoms with Crippen molar-refractivity contribution < 1.29 is 14.4 Å². The summed E-state index contributed by atoms with van der Waals surface area (Å²) in [5.74, 6) is 0.135. The van der Waals surface area contributed by atoms with Crippen LogP contribution < -0.4 is 0 Å². The maximum Gasteiger partial charge on any atom is 0.313 e. The Balaban J connectivity index is 2.06. The number of imidazole rings is 1. The van der Waals surface area contributed by atoms with Crippen molar-refractivity contribution in [3.05, 3.63) is 24.1 Å². The Morgan fingerprint density at radius 1 is 1.65 bits per heavy atom. The number of aryl methyl sites for hydroxylation is 1. The van der Waals surface area contributed by atoms with Gasteiger partial charge in [0.1, 0.15) is 6.54 Å². The molecule has 2 rings (SSSR count). The number of hydrogen-bond acceptors (Lipinski definition) is 6. The highest BCUT2D eigenvalue weighted by Crippen LogP contribution is 2.16. The van der Waals surface area contributed by atoms with Crippen molar-refractivity contribution in [2.45, 2.75) is 18.6 Å². The lowest BCUT2D eigenvalue weighted by atomic mass is 10.6. The summed E-state index contributed by atoms with van der Waals surface area (Å²) in [5.41, 5.74) is 0. The van der Waals surface area contributed by atoms with Crippen LogP contribution >= 0.6 is 11.8 Å². The molecule has 90 valence electrons. The zero-order chi connectivity index (χ0) is 12.3. The predicted molar refractivity (Wildman–Crippen MR) is 58.7 cm³/mol. The Labute approximate surface area is 101 Å². The monoisotopic (exact) mass is 254 g/mol. The van der Waals surface area contributed by atoms with E-state index in [9.17, 15) is 4.79 Å². The molecule has 2 aromatic rings. The van der Waals surface area contributed by atoms with E-state index in [1.807, 2.05) is 0 Å². The molecule has 0 fully saturated rings. The molecule has 0 spiro atoms. The van der Waals surface area contributed by atoms with E-state index in [-0.39, 0.29) is 5.75 Å². The molecule has 7 nitrogen and oxygen atoms in total. The average molecular weight is 254 g/mol. The lowest BCUT2D eigenvalue weighted by Gasteiger charge is -2.02. The Hall–Kier alpha value is -1.83. The maximum absolute atomic E-state index is 10.5. The second-order valence-electron chi connectivity index (χ2n) is 3.26. The molecule has 0 aliphatic heterocycles. The summed E-state index contributed by atoms with van der Waals surface area (Å²) in [6.07, 6.45) is 3.34. The molecule has 2 aromatic heterocycles. The minimum Gasteiger partial charge on any atom is -0.481 e. The van der Waals surface area contributed by atoms with Gasteiger partial charge in [-0.25, -0.2) is 4.98 Å². The molecule has 0 atom stereocenters. The summed E-state index contributed by atoms with van der Waals surface area (Å²) < 4.78 is 6.75. The molecule has 17 heavy (non-hydrogen) atoms. The van der Waals surface area contributed by atoms with E-state index < -0.39 is 5.97 Å². The number of aliphatic carboxylic acids is 1. The first kappa shape index (κ1) is 11.6. The van der Waals surface area contributed by atoms with Crippen LogP contribution in [0.15, 0.2) is 22.1 Å². The predicted octanol–water partition coefficient (Wildman–Crippen LogP) is 0.800. The first-order valence-corrected chi connectivity index (χ1v) is 5.78.